The Morgan fingerprint density at radius 2 is 1.62 bits per heavy atom. The molecule has 1 amide bonds. The van der Waals surface area contributed by atoms with Gasteiger partial charge in [0.15, 0.2) is 0 Å². The molecular weight excluding hydrogens is 298 g/mol. The molecule has 3 heteroatoms. The molecule has 0 unspecified atom stereocenters. The first kappa shape index (κ1) is 16.6. The first-order valence-corrected chi connectivity index (χ1v) is 8.83. The monoisotopic (exact) mass is 323 g/mol. The van der Waals surface area contributed by atoms with E-state index in [1.54, 1.807) is 12.1 Å². The second kappa shape index (κ2) is 8.00. The Hall–Kier alpha value is -2.29. The van der Waals surface area contributed by atoms with Gasteiger partial charge in [-0.15, -0.1) is 0 Å². The van der Waals surface area contributed by atoms with Crippen molar-refractivity contribution in [3.05, 3.63) is 65.7 Å². The van der Waals surface area contributed by atoms with Crippen LogP contribution in [0.15, 0.2) is 54.6 Å². The van der Waals surface area contributed by atoms with E-state index >= 15 is 0 Å². The highest BCUT2D eigenvalue weighted by molar-refractivity contribution is 5.76. The molecular formula is C21H25NO2. The SMILES string of the molecule is O=C(CCc1ccccc1)N[C@H]1CC[C@H](c2ccc(O)cc2)CC1. The molecule has 2 aromatic carbocycles. The molecule has 126 valence electrons. The summed E-state index contributed by atoms with van der Waals surface area (Å²) in [4.78, 5) is 12.1. The molecule has 1 aliphatic rings. The Morgan fingerprint density at radius 3 is 2.29 bits per heavy atom. The summed E-state index contributed by atoms with van der Waals surface area (Å²) in [7, 11) is 0. The zero-order chi connectivity index (χ0) is 16.8. The Morgan fingerprint density at radius 1 is 0.958 bits per heavy atom. The molecule has 3 rings (SSSR count). The summed E-state index contributed by atoms with van der Waals surface area (Å²) in [5, 5.41) is 12.6. The second-order valence-electron chi connectivity index (χ2n) is 6.69. The number of aromatic hydroxyl groups is 1. The van der Waals surface area contributed by atoms with Gasteiger partial charge in [-0.2, -0.15) is 0 Å². The standard InChI is InChI=1S/C21H25NO2/c23-20-13-9-18(10-14-20)17-7-11-19(12-8-17)22-21(24)15-6-16-4-2-1-3-5-16/h1-5,9-10,13-14,17,19,23H,6-8,11-12,15H2,(H,22,24)/t17-,19-. The maximum absolute atomic E-state index is 12.1. The number of carbonyl (C=O) groups excluding carboxylic acids is 1. The molecule has 1 saturated carbocycles. The Balaban J connectivity index is 1.41. The van der Waals surface area contributed by atoms with Gasteiger partial charge in [-0.05, 0) is 61.3 Å². The van der Waals surface area contributed by atoms with Crippen molar-refractivity contribution in [3.8, 4) is 5.75 Å². The molecule has 2 aromatic rings. The van der Waals surface area contributed by atoms with Crippen LogP contribution in [0.5, 0.6) is 5.75 Å². The van der Waals surface area contributed by atoms with Crippen LogP contribution in [-0.2, 0) is 11.2 Å². The minimum Gasteiger partial charge on any atom is -0.508 e. The number of benzene rings is 2. The van der Waals surface area contributed by atoms with Crippen LogP contribution < -0.4 is 5.32 Å². The molecule has 0 spiro atoms. The zero-order valence-electron chi connectivity index (χ0n) is 13.9. The summed E-state index contributed by atoms with van der Waals surface area (Å²) in [6, 6.07) is 18.0. The molecule has 1 fully saturated rings. The topological polar surface area (TPSA) is 49.3 Å². The Bertz CT molecular complexity index is 643. The van der Waals surface area contributed by atoms with E-state index in [9.17, 15) is 9.90 Å². The Kier molecular flexibility index (Phi) is 5.52. The third-order valence-electron chi connectivity index (χ3n) is 4.94. The molecule has 0 bridgehead atoms. The van der Waals surface area contributed by atoms with E-state index in [2.05, 4.69) is 17.4 Å². The van der Waals surface area contributed by atoms with Gasteiger partial charge >= 0.3 is 0 Å². The molecule has 2 N–H and O–H groups in total. The van der Waals surface area contributed by atoms with E-state index < -0.39 is 0 Å². The lowest BCUT2D eigenvalue weighted by molar-refractivity contribution is -0.122. The van der Waals surface area contributed by atoms with E-state index in [-0.39, 0.29) is 5.91 Å². The lowest BCUT2D eigenvalue weighted by Gasteiger charge is -2.29. The molecule has 0 heterocycles. The van der Waals surface area contributed by atoms with Crippen molar-refractivity contribution >= 4 is 5.91 Å². The summed E-state index contributed by atoms with van der Waals surface area (Å²) >= 11 is 0. The van der Waals surface area contributed by atoms with E-state index in [0.29, 0.717) is 24.1 Å². The highest BCUT2D eigenvalue weighted by Gasteiger charge is 2.23. The molecule has 0 saturated heterocycles. The van der Waals surface area contributed by atoms with Crippen molar-refractivity contribution in [3.63, 3.8) is 0 Å². The summed E-state index contributed by atoms with van der Waals surface area (Å²) in [5.74, 6) is 1.02. The van der Waals surface area contributed by atoms with Crippen LogP contribution >= 0.6 is 0 Å². The van der Waals surface area contributed by atoms with E-state index in [1.807, 2.05) is 30.3 Å². The number of carbonyl (C=O) groups is 1. The van der Waals surface area contributed by atoms with Crippen LogP contribution in [-0.4, -0.2) is 17.1 Å². The maximum Gasteiger partial charge on any atom is 0.220 e. The normalized spacial score (nSPS) is 20.5. The number of phenolic OH excluding ortho intramolecular Hbond substituents is 1. The summed E-state index contributed by atoms with van der Waals surface area (Å²) in [5.41, 5.74) is 2.50. The van der Waals surface area contributed by atoms with Gasteiger partial charge in [-0.3, -0.25) is 4.79 Å². The average Bonchev–Trinajstić information content (AvgIpc) is 2.62. The molecule has 1 aliphatic carbocycles. The molecule has 0 aromatic heterocycles. The van der Waals surface area contributed by atoms with Gasteiger partial charge in [0, 0.05) is 12.5 Å². The fourth-order valence-electron chi connectivity index (χ4n) is 3.52. The van der Waals surface area contributed by atoms with Crippen LogP contribution in [0.4, 0.5) is 0 Å². The van der Waals surface area contributed by atoms with E-state index in [1.165, 1.54) is 11.1 Å². The number of hydrogen-bond donors (Lipinski definition) is 2. The first-order chi connectivity index (χ1) is 11.7. The van der Waals surface area contributed by atoms with Crippen molar-refractivity contribution < 1.29 is 9.90 Å². The zero-order valence-corrected chi connectivity index (χ0v) is 13.9. The van der Waals surface area contributed by atoms with Crippen molar-refractivity contribution in [2.75, 3.05) is 0 Å². The van der Waals surface area contributed by atoms with Crippen molar-refractivity contribution in [1.82, 2.24) is 5.32 Å². The average molecular weight is 323 g/mol. The highest BCUT2D eigenvalue weighted by atomic mass is 16.3. The number of aryl methyl sites for hydroxylation is 1. The molecule has 24 heavy (non-hydrogen) atoms. The third kappa shape index (κ3) is 4.60. The number of rotatable bonds is 5. The second-order valence-corrected chi connectivity index (χ2v) is 6.69. The van der Waals surface area contributed by atoms with Crippen LogP contribution in [0.3, 0.4) is 0 Å². The van der Waals surface area contributed by atoms with Crippen LogP contribution in [0.25, 0.3) is 0 Å². The number of amides is 1. The van der Waals surface area contributed by atoms with Crippen LogP contribution in [0.2, 0.25) is 0 Å². The highest BCUT2D eigenvalue weighted by Crippen LogP contribution is 2.33. The molecule has 3 nitrogen and oxygen atoms in total. The van der Waals surface area contributed by atoms with E-state index in [0.717, 1.165) is 32.1 Å². The van der Waals surface area contributed by atoms with Gasteiger partial charge in [0.05, 0.1) is 0 Å². The number of phenols is 1. The molecule has 0 atom stereocenters. The molecule has 0 aliphatic heterocycles. The first-order valence-electron chi connectivity index (χ1n) is 8.83. The van der Waals surface area contributed by atoms with Crippen LogP contribution in [0.1, 0.15) is 49.1 Å². The largest absolute Gasteiger partial charge is 0.508 e. The summed E-state index contributed by atoms with van der Waals surface area (Å²) in [6.07, 6.45) is 5.60. The van der Waals surface area contributed by atoms with Gasteiger partial charge in [0.2, 0.25) is 5.91 Å². The third-order valence-corrected chi connectivity index (χ3v) is 4.94. The van der Waals surface area contributed by atoms with Gasteiger partial charge in [0.25, 0.3) is 0 Å². The van der Waals surface area contributed by atoms with Gasteiger partial charge < -0.3 is 10.4 Å². The smallest absolute Gasteiger partial charge is 0.220 e. The number of hydrogen-bond acceptors (Lipinski definition) is 2. The summed E-state index contributed by atoms with van der Waals surface area (Å²) in [6.45, 7) is 0. The lowest BCUT2D eigenvalue weighted by atomic mass is 9.81. The quantitative estimate of drug-likeness (QED) is 0.867. The van der Waals surface area contributed by atoms with Crippen LogP contribution in [0, 0.1) is 0 Å². The molecule has 0 radical (unpaired) electrons. The Labute approximate surface area is 143 Å². The fourth-order valence-corrected chi connectivity index (χ4v) is 3.52. The van der Waals surface area contributed by atoms with Crippen molar-refractivity contribution in [2.45, 2.75) is 50.5 Å². The van der Waals surface area contributed by atoms with Gasteiger partial charge in [-0.25, -0.2) is 0 Å². The summed E-state index contributed by atoms with van der Waals surface area (Å²) < 4.78 is 0. The van der Waals surface area contributed by atoms with E-state index in [4.69, 9.17) is 0 Å². The number of nitrogens with one attached hydrogen (secondary N) is 1. The predicted molar refractivity (Wildman–Crippen MR) is 96.0 cm³/mol. The predicted octanol–water partition coefficient (Wildman–Crippen LogP) is 4.17. The maximum atomic E-state index is 12.1. The van der Waals surface area contributed by atoms with Gasteiger partial charge in [-0.1, -0.05) is 42.5 Å². The van der Waals surface area contributed by atoms with Crippen molar-refractivity contribution in [1.29, 1.82) is 0 Å². The van der Waals surface area contributed by atoms with Crippen molar-refractivity contribution in [2.24, 2.45) is 0 Å². The minimum absolute atomic E-state index is 0.159. The fraction of sp³-hybridized carbons (Fsp3) is 0.381. The van der Waals surface area contributed by atoms with Gasteiger partial charge in [0.1, 0.15) is 5.75 Å². The minimum atomic E-state index is 0.159. The lowest BCUT2D eigenvalue weighted by Crippen LogP contribution is -2.37.